The molecule has 1 aromatic rings. The van der Waals surface area contributed by atoms with E-state index in [2.05, 4.69) is 6.92 Å². The lowest BCUT2D eigenvalue weighted by atomic mass is 10.1. The summed E-state index contributed by atoms with van der Waals surface area (Å²) in [5.74, 6) is 2.87. The van der Waals surface area contributed by atoms with Crippen molar-refractivity contribution in [3.05, 3.63) is 23.8 Å². The number of nitrogens with zero attached hydrogens (tertiary/aromatic N) is 1. The monoisotopic (exact) mass is 321 g/mol. The van der Waals surface area contributed by atoms with Crippen LogP contribution in [0.2, 0.25) is 0 Å². The first-order valence-corrected chi connectivity index (χ1v) is 9.15. The van der Waals surface area contributed by atoms with Crippen molar-refractivity contribution in [2.45, 2.75) is 44.4 Å². The largest absolute Gasteiger partial charge is 0.454 e. The van der Waals surface area contributed by atoms with Gasteiger partial charge >= 0.3 is 0 Å². The van der Waals surface area contributed by atoms with Crippen LogP contribution in [0.1, 0.15) is 50.0 Å². The lowest BCUT2D eigenvalue weighted by Crippen LogP contribution is -2.30. The molecule has 1 aromatic carbocycles. The Labute approximate surface area is 136 Å². The molecule has 0 spiro atoms. The van der Waals surface area contributed by atoms with Crippen LogP contribution in [-0.4, -0.2) is 29.9 Å². The fourth-order valence-electron chi connectivity index (χ4n) is 2.91. The maximum Gasteiger partial charge on any atom is 0.231 e. The Morgan fingerprint density at radius 2 is 2.14 bits per heavy atom. The standard InChI is InChI=1S/C17H23NO3S/c1-2-3-4-5-6-16(19)18-9-10-22-17(18)13-7-8-14-15(11-13)21-12-20-14/h7-8,11,17H,2-6,9-10,12H2,1H3. The van der Waals surface area contributed by atoms with Gasteiger partial charge in [0, 0.05) is 18.7 Å². The number of fused-ring (bicyclic) bond motifs is 1. The highest BCUT2D eigenvalue weighted by molar-refractivity contribution is 7.99. The van der Waals surface area contributed by atoms with E-state index in [0.717, 1.165) is 42.2 Å². The van der Waals surface area contributed by atoms with E-state index in [9.17, 15) is 4.79 Å². The molecule has 0 saturated carbocycles. The summed E-state index contributed by atoms with van der Waals surface area (Å²) in [6, 6.07) is 6.01. The molecule has 2 heterocycles. The third kappa shape index (κ3) is 3.35. The van der Waals surface area contributed by atoms with E-state index in [1.54, 1.807) is 0 Å². The first-order chi connectivity index (χ1) is 10.8. The molecule has 0 radical (unpaired) electrons. The molecule has 1 saturated heterocycles. The van der Waals surface area contributed by atoms with Gasteiger partial charge in [0.05, 0.1) is 0 Å². The summed E-state index contributed by atoms with van der Waals surface area (Å²) in [4.78, 5) is 14.5. The van der Waals surface area contributed by atoms with Crippen molar-refractivity contribution in [1.29, 1.82) is 0 Å². The van der Waals surface area contributed by atoms with Gasteiger partial charge in [0.1, 0.15) is 5.37 Å². The van der Waals surface area contributed by atoms with Gasteiger partial charge in [0.2, 0.25) is 12.7 Å². The minimum Gasteiger partial charge on any atom is -0.454 e. The molecule has 1 fully saturated rings. The summed E-state index contributed by atoms with van der Waals surface area (Å²) in [6.07, 6.45) is 5.24. The van der Waals surface area contributed by atoms with Crippen LogP contribution in [0.25, 0.3) is 0 Å². The molecule has 0 aliphatic carbocycles. The Morgan fingerprint density at radius 3 is 3.00 bits per heavy atom. The SMILES string of the molecule is CCCCCCC(=O)N1CCSC1c1ccc2c(c1)OCO2. The number of rotatable bonds is 6. The molecule has 1 atom stereocenters. The van der Waals surface area contributed by atoms with Gasteiger partial charge in [0.25, 0.3) is 0 Å². The van der Waals surface area contributed by atoms with Crippen LogP contribution in [0.5, 0.6) is 11.5 Å². The number of carbonyl (C=O) groups is 1. The number of hydrogen-bond acceptors (Lipinski definition) is 4. The lowest BCUT2D eigenvalue weighted by molar-refractivity contribution is -0.131. The quantitative estimate of drug-likeness (QED) is 0.743. The van der Waals surface area contributed by atoms with Crippen LogP contribution in [0.3, 0.4) is 0 Å². The Morgan fingerprint density at radius 1 is 1.27 bits per heavy atom. The molecule has 0 bridgehead atoms. The third-order valence-electron chi connectivity index (χ3n) is 4.14. The Balaban J connectivity index is 1.64. The van der Waals surface area contributed by atoms with Gasteiger partial charge in [-0.15, -0.1) is 11.8 Å². The highest BCUT2D eigenvalue weighted by Gasteiger charge is 2.31. The molecule has 120 valence electrons. The second kappa shape index (κ2) is 7.27. The number of ether oxygens (including phenoxy) is 2. The van der Waals surface area contributed by atoms with E-state index in [1.165, 1.54) is 12.8 Å². The summed E-state index contributed by atoms with van der Waals surface area (Å²) >= 11 is 1.83. The average molecular weight is 321 g/mol. The average Bonchev–Trinajstić information content (AvgIpc) is 3.18. The normalized spacial score (nSPS) is 19.7. The Kier molecular flexibility index (Phi) is 5.13. The smallest absolute Gasteiger partial charge is 0.231 e. The molecule has 2 aliphatic heterocycles. The minimum atomic E-state index is 0.119. The van der Waals surface area contributed by atoms with Crippen molar-refractivity contribution in [3.63, 3.8) is 0 Å². The summed E-state index contributed by atoms with van der Waals surface area (Å²) in [6.45, 7) is 3.32. The van der Waals surface area contributed by atoms with Crippen molar-refractivity contribution in [2.75, 3.05) is 19.1 Å². The first-order valence-electron chi connectivity index (χ1n) is 8.10. The molecular formula is C17H23NO3S. The maximum atomic E-state index is 12.5. The molecule has 0 aromatic heterocycles. The van der Waals surface area contributed by atoms with Gasteiger partial charge in [-0.1, -0.05) is 32.3 Å². The van der Waals surface area contributed by atoms with Crippen molar-refractivity contribution in [2.24, 2.45) is 0 Å². The van der Waals surface area contributed by atoms with Crippen LogP contribution in [0.15, 0.2) is 18.2 Å². The van der Waals surface area contributed by atoms with E-state index < -0.39 is 0 Å². The van der Waals surface area contributed by atoms with E-state index in [-0.39, 0.29) is 18.1 Å². The van der Waals surface area contributed by atoms with E-state index in [1.807, 2.05) is 34.9 Å². The second-order valence-electron chi connectivity index (χ2n) is 5.73. The highest BCUT2D eigenvalue weighted by Crippen LogP contribution is 2.42. The van der Waals surface area contributed by atoms with E-state index in [4.69, 9.17) is 9.47 Å². The summed E-state index contributed by atoms with van der Waals surface area (Å²) in [5.41, 5.74) is 1.13. The molecule has 22 heavy (non-hydrogen) atoms. The van der Waals surface area contributed by atoms with Crippen LogP contribution in [-0.2, 0) is 4.79 Å². The van der Waals surface area contributed by atoms with Crippen LogP contribution in [0.4, 0.5) is 0 Å². The van der Waals surface area contributed by atoms with Gasteiger partial charge in [-0.25, -0.2) is 0 Å². The van der Waals surface area contributed by atoms with Gasteiger partial charge in [-0.2, -0.15) is 0 Å². The minimum absolute atomic E-state index is 0.119. The molecule has 1 unspecified atom stereocenters. The molecule has 4 nitrogen and oxygen atoms in total. The Hall–Kier alpha value is -1.36. The topological polar surface area (TPSA) is 38.8 Å². The van der Waals surface area contributed by atoms with Gasteiger partial charge in [-0.3, -0.25) is 4.79 Å². The number of unbranched alkanes of at least 4 members (excludes halogenated alkanes) is 3. The number of benzene rings is 1. The molecular weight excluding hydrogens is 298 g/mol. The predicted molar refractivity (Wildman–Crippen MR) is 88.2 cm³/mol. The van der Waals surface area contributed by atoms with Gasteiger partial charge in [-0.05, 0) is 24.1 Å². The number of amides is 1. The van der Waals surface area contributed by atoms with Crippen LogP contribution < -0.4 is 9.47 Å². The molecule has 2 aliphatic rings. The zero-order valence-electron chi connectivity index (χ0n) is 13.0. The van der Waals surface area contributed by atoms with Crippen molar-refractivity contribution in [3.8, 4) is 11.5 Å². The molecule has 1 amide bonds. The highest BCUT2D eigenvalue weighted by atomic mass is 32.2. The second-order valence-corrected chi connectivity index (χ2v) is 6.92. The van der Waals surface area contributed by atoms with E-state index in [0.29, 0.717) is 6.42 Å². The summed E-state index contributed by atoms with van der Waals surface area (Å²) < 4.78 is 10.8. The zero-order chi connectivity index (χ0) is 15.4. The molecule has 3 rings (SSSR count). The van der Waals surface area contributed by atoms with Crippen molar-refractivity contribution in [1.82, 2.24) is 4.90 Å². The summed E-state index contributed by atoms with van der Waals surface area (Å²) in [7, 11) is 0. The number of carbonyl (C=O) groups excluding carboxylic acids is 1. The zero-order valence-corrected chi connectivity index (χ0v) is 13.9. The first kappa shape index (κ1) is 15.5. The van der Waals surface area contributed by atoms with Crippen molar-refractivity contribution >= 4 is 17.7 Å². The Bertz CT molecular complexity index is 535. The number of hydrogen-bond donors (Lipinski definition) is 0. The summed E-state index contributed by atoms with van der Waals surface area (Å²) in [5, 5.41) is 0.119. The third-order valence-corrected chi connectivity index (χ3v) is 5.40. The fraction of sp³-hybridized carbons (Fsp3) is 0.588. The number of thioether (sulfide) groups is 1. The van der Waals surface area contributed by atoms with Gasteiger partial charge in [0.15, 0.2) is 11.5 Å². The fourth-order valence-corrected chi connectivity index (χ4v) is 4.18. The van der Waals surface area contributed by atoms with E-state index >= 15 is 0 Å². The van der Waals surface area contributed by atoms with Gasteiger partial charge < -0.3 is 14.4 Å². The van der Waals surface area contributed by atoms with Crippen LogP contribution >= 0.6 is 11.8 Å². The molecule has 5 heteroatoms. The van der Waals surface area contributed by atoms with Crippen molar-refractivity contribution < 1.29 is 14.3 Å². The molecule has 0 N–H and O–H groups in total. The maximum absolute atomic E-state index is 12.5. The van der Waals surface area contributed by atoms with Crippen LogP contribution in [0, 0.1) is 0 Å². The predicted octanol–water partition coefficient (Wildman–Crippen LogP) is 3.96. The lowest BCUT2D eigenvalue weighted by Gasteiger charge is -2.24.